The van der Waals surface area contributed by atoms with Crippen LogP contribution in [0.2, 0.25) is 5.02 Å². The van der Waals surface area contributed by atoms with Crippen LogP contribution < -0.4 is 10.2 Å². The fourth-order valence-corrected chi connectivity index (χ4v) is 3.04. The van der Waals surface area contributed by atoms with E-state index >= 15 is 0 Å². The molecule has 0 saturated carbocycles. The van der Waals surface area contributed by atoms with E-state index in [2.05, 4.69) is 22.3 Å². The topological polar surface area (TPSA) is 15.3 Å². The maximum absolute atomic E-state index is 6.09. The van der Waals surface area contributed by atoms with Gasteiger partial charge in [-0.1, -0.05) is 17.7 Å². The zero-order valence-corrected chi connectivity index (χ0v) is 10.1. The lowest BCUT2D eigenvalue weighted by atomic mass is 10.0. The van der Waals surface area contributed by atoms with E-state index in [1.54, 1.807) is 0 Å². The summed E-state index contributed by atoms with van der Waals surface area (Å²) in [6.45, 7) is 3.47. The van der Waals surface area contributed by atoms with Crippen LogP contribution >= 0.6 is 11.6 Å². The van der Waals surface area contributed by atoms with E-state index in [1.165, 1.54) is 37.1 Å². The fraction of sp³-hybridized carbons (Fsp3) is 0.538. The lowest BCUT2D eigenvalue weighted by Gasteiger charge is -2.33. The first kappa shape index (κ1) is 10.4. The molecule has 0 radical (unpaired) electrons. The Kier molecular flexibility index (Phi) is 2.78. The summed E-state index contributed by atoms with van der Waals surface area (Å²) in [6, 6.07) is 7.03. The molecule has 2 heterocycles. The third kappa shape index (κ3) is 1.80. The molecule has 1 aromatic rings. The van der Waals surface area contributed by atoms with Crippen LogP contribution in [0.3, 0.4) is 0 Å². The monoisotopic (exact) mass is 236 g/mol. The standard InChI is InChI=1S/C13H17ClN2/c14-11-2-1-10-5-8-16(13(10)9-11)12-3-6-15-7-4-12/h1-2,9,12,15H,3-8H2. The highest BCUT2D eigenvalue weighted by molar-refractivity contribution is 6.30. The molecule has 86 valence electrons. The number of anilines is 1. The van der Waals surface area contributed by atoms with E-state index in [4.69, 9.17) is 11.6 Å². The van der Waals surface area contributed by atoms with Crippen molar-refractivity contribution >= 4 is 17.3 Å². The summed E-state index contributed by atoms with van der Waals surface area (Å²) in [7, 11) is 0. The predicted molar refractivity (Wildman–Crippen MR) is 68.4 cm³/mol. The molecule has 0 spiro atoms. The smallest absolute Gasteiger partial charge is 0.0426 e. The molecule has 0 bridgehead atoms. The second kappa shape index (κ2) is 4.27. The van der Waals surface area contributed by atoms with Crippen LogP contribution in [0.4, 0.5) is 5.69 Å². The van der Waals surface area contributed by atoms with Crippen molar-refractivity contribution in [2.24, 2.45) is 0 Å². The third-order valence-electron chi connectivity index (χ3n) is 3.73. The Bertz CT molecular complexity index is 386. The highest BCUT2D eigenvalue weighted by Crippen LogP contribution is 2.33. The number of hydrogen-bond donors (Lipinski definition) is 1. The quantitative estimate of drug-likeness (QED) is 0.806. The summed E-state index contributed by atoms with van der Waals surface area (Å²) in [5.41, 5.74) is 2.84. The summed E-state index contributed by atoms with van der Waals surface area (Å²) < 4.78 is 0. The molecule has 0 unspecified atom stereocenters. The van der Waals surface area contributed by atoms with E-state index in [1.807, 2.05) is 6.07 Å². The number of rotatable bonds is 1. The molecule has 1 N–H and O–H groups in total. The highest BCUT2D eigenvalue weighted by Gasteiger charge is 2.27. The van der Waals surface area contributed by atoms with Crippen LogP contribution in [0.1, 0.15) is 18.4 Å². The minimum absolute atomic E-state index is 0.709. The average Bonchev–Trinajstić information content (AvgIpc) is 2.73. The van der Waals surface area contributed by atoms with Gasteiger partial charge in [0.25, 0.3) is 0 Å². The Labute approximate surface area is 102 Å². The molecule has 2 nitrogen and oxygen atoms in total. The van der Waals surface area contributed by atoms with Gasteiger partial charge in [-0.25, -0.2) is 0 Å². The first-order chi connectivity index (χ1) is 7.84. The number of fused-ring (bicyclic) bond motifs is 1. The molecule has 1 saturated heterocycles. The lowest BCUT2D eigenvalue weighted by molar-refractivity contribution is 0.435. The Morgan fingerprint density at radius 1 is 1.25 bits per heavy atom. The number of halogens is 1. The van der Waals surface area contributed by atoms with Gasteiger partial charge in [-0.3, -0.25) is 0 Å². The Morgan fingerprint density at radius 3 is 2.88 bits per heavy atom. The van der Waals surface area contributed by atoms with Gasteiger partial charge in [0.2, 0.25) is 0 Å². The zero-order chi connectivity index (χ0) is 11.0. The van der Waals surface area contributed by atoms with Crippen LogP contribution in [0, 0.1) is 0 Å². The highest BCUT2D eigenvalue weighted by atomic mass is 35.5. The van der Waals surface area contributed by atoms with Crippen LogP contribution in [-0.2, 0) is 6.42 Å². The van der Waals surface area contributed by atoms with E-state index < -0.39 is 0 Å². The maximum Gasteiger partial charge on any atom is 0.0426 e. The number of nitrogens with one attached hydrogen (secondary N) is 1. The molecule has 1 fully saturated rings. The van der Waals surface area contributed by atoms with Gasteiger partial charge in [0.15, 0.2) is 0 Å². The second-order valence-corrected chi connectivity index (χ2v) is 5.13. The van der Waals surface area contributed by atoms with E-state index in [9.17, 15) is 0 Å². The maximum atomic E-state index is 6.09. The van der Waals surface area contributed by atoms with Crippen molar-refractivity contribution in [1.82, 2.24) is 5.32 Å². The Balaban J connectivity index is 1.86. The molecule has 2 aliphatic heterocycles. The van der Waals surface area contributed by atoms with Crippen molar-refractivity contribution in [2.75, 3.05) is 24.5 Å². The minimum atomic E-state index is 0.709. The molecular formula is C13H17ClN2. The summed E-state index contributed by atoms with van der Waals surface area (Å²) in [5, 5.41) is 4.28. The number of nitrogens with zero attached hydrogens (tertiary/aromatic N) is 1. The molecule has 3 rings (SSSR count). The molecule has 16 heavy (non-hydrogen) atoms. The molecule has 0 atom stereocenters. The van der Waals surface area contributed by atoms with Crippen molar-refractivity contribution in [3.8, 4) is 0 Å². The first-order valence-electron chi connectivity index (χ1n) is 6.10. The Morgan fingerprint density at radius 2 is 2.06 bits per heavy atom. The molecular weight excluding hydrogens is 220 g/mol. The number of benzene rings is 1. The van der Waals surface area contributed by atoms with E-state index in [0.29, 0.717) is 6.04 Å². The van der Waals surface area contributed by atoms with Gasteiger partial charge in [-0.15, -0.1) is 0 Å². The van der Waals surface area contributed by atoms with Crippen LogP contribution in [0.15, 0.2) is 18.2 Å². The van der Waals surface area contributed by atoms with Gasteiger partial charge in [0, 0.05) is 23.3 Å². The second-order valence-electron chi connectivity index (χ2n) is 4.70. The fourth-order valence-electron chi connectivity index (χ4n) is 2.87. The van der Waals surface area contributed by atoms with E-state index in [-0.39, 0.29) is 0 Å². The number of piperidine rings is 1. The predicted octanol–water partition coefficient (Wildman–Crippen LogP) is 2.45. The van der Waals surface area contributed by atoms with Crippen molar-refractivity contribution in [3.05, 3.63) is 28.8 Å². The molecule has 0 aromatic heterocycles. The van der Waals surface area contributed by atoms with Crippen LogP contribution in [0.25, 0.3) is 0 Å². The first-order valence-corrected chi connectivity index (χ1v) is 6.48. The van der Waals surface area contributed by atoms with Gasteiger partial charge >= 0.3 is 0 Å². The van der Waals surface area contributed by atoms with Gasteiger partial charge in [-0.2, -0.15) is 0 Å². The van der Waals surface area contributed by atoms with Gasteiger partial charge in [0.1, 0.15) is 0 Å². The van der Waals surface area contributed by atoms with Gasteiger partial charge in [-0.05, 0) is 50.0 Å². The molecule has 0 aliphatic carbocycles. The van der Waals surface area contributed by atoms with Crippen molar-refractivity contribution < 1.29 is 0 Å². The lowest BCUT2D eigenvalue weighted by Crippen LogP contribution is -2.42. The third-order valence-corrected chi connectivity index (χ3v) is 3.96. The van der Waals surface area contributed by atoms with Crippen molar-refractivity contribution in [2.45, 2.75) is 25.3 Å². The summed E-state index contributed by atoms with van der Waals surface area (Å²) in [6.07, 6.45) is 3.69. The minimum Gasteiger partial charge on any atom is -0.368 e. The zero-order valence-electron chi connectivity index (χ0n) is 9.38. The molecule has 1 aromatic carbocycles. The molecule has 0 amide bonds. The summed E-state index contributed by atoms with van der Waals surface area (Å²) in [4.78, 5) is 2.56. The van der Waals surface area contributed by atoms with E-state index in [0.717, 1.165) is 18.1 Å². The molecule has 3 heteroatoms. The van der Waals surface area contributed by atoms with Crippen LogP contribution in [-0.4, -0.2) is 25.7 Å². The van der Waals surface area contributed by atoms with Gasteiger partial charge in [0.05, 0.1) is 0 Å². The Hall–Kier alpha value is -0.730. The van der Waals surface area contributed by atoms with Gasteiger partial charge < -0.3 is 10.2 Å². The van der Waals surface area contributed by atoms with Crippen molar-refractivity contribution in [1.29, 1.82) is 0 Å². The summed E-state index contributed by atoms with van der Waals surface area (Å²) >= 11 is 6.09. The molecule has 2 aliphatic rings. The number of hydrogen-bond acceptors (Lipinski definition) is 2. The largest absolute Gasteiger partial charge is 0.368 e. The van der Waals surface area contributed by atoms with Crippen molar-refractivity contribution in [3.63, 3.8) is 0 Å². The SMILES string of the molecule is Clc1ccc2c(c1)N(C1CCNCC1)CC2. The average molecular weight is 237 g/mol. The normalized spacial score (nSPS) is 21.2. The summed E-state index contributed by atoms with van der Waals surface area (Å²) in [5.74, 6) is 0. The van der Waals surface area contributed by atoms with Crippen LogP contribution in [0.5, 0.6) is 0 Å².